The highest BCUT2D eigenvalue weighted by atomic mass is 16.5. The molecule has 1 saturated heterocycles. The van der Waals surface area contributed by atoms with E-state index >= 15 is 0 Å². The zero-order valence-electron chi connectivity index (χ0n) is 15.3. The number of benzene rings is 1. The summed E-state index contributed by atoms with van der Waals surface area (Å²) in [5.41, 5.74) is 0.501. The number of hydrogen-bond acceptors (Lipinski definition) is 5. The Kier molecular flexibility index (Phi) is 6.49. The van der Waals surface area contributed by atoms with Crippen molar-refractivity contribution in [3.63, 3.8) is 0 Å². The van der Waals surface area contributed by atoms with Gasteiger partial charge in [-0.3, -0.25) is 9.59 Å². The van der Waals surface area contributed by atoms with Crippen molar-refractivity contribution in [3.8, 4) is 5.75 Å². The topological polar surface area (TPSA) is 81.0 Å². The maximum atomic E-state index is 12.5. The number of hydrogen-bond donors (Lipinski definition) is 1. The van der Waals surface area contributed by atoms with Gasteiger partial charge in [0.1, 0.15) is 18.1 Å². The van der Waals surface area contributed by atoms with Crippen LogP contribution in [0.15, 0.2) is 47.1 Å². The minimum absolute atomic E-state index is 0.0309. The molecule has 1 aliphatic heterocycles. The molecule has 1 atom stereocenters. The van der Waals surface area contributed by atoms with Crippen LogP contribution in [0.1, 0.15) is 29.0 Å². The predicted molar refractivity (Wildman–Crippen MR) is 98.4 cm³/mol. The zero-order chi connectivity index (χ0) is 19.1. The van der Waals surface area contributed by atoms with Crippen LogP contribution < -0.4 is 10.1 Å². The minimum atomic E-state index is -0.251. The van der Waals surface area contributed by atoms with Gasteiger partial charge in [-0.25, -0.2) is 0 Å². The van der Waals surface area contributed by atoms with E-state index in [4.69, 9.17) is 13.9 Å². The van der Waals surface area contributed by atoms with Gasteiger partial charge in [0.2, 0.25) is 5.91 Å². The van der Waals surface area contributed by atoms with E-state index < -0.39 is 0 Å². The van der Waals surface area contributed by atoms with Crippen molar-refractivity contribution in [1.82, 2.24) is 10.2 Å². The van der Waals surface area contributed by atoms with Gasteiger partial charge in [-0.1, -0.05) is 0 Å². The summed E-state index contributed by atoms with van der Waals surface area (Å²) in [5, 5.41) is 2.72. The fourth-order valence-electron chi connectivity index (χ4n) is 2.82. The standard InChI is InChI=1S/C20H24N2O5/c1-22(13-19(23)21-12-17-4-2-10-25-17)20(24)15-6-8-16(9-7-15)27-14-18-5-3-11-26-18/h2,4,6-10,18H,3,5,11-14H2,1H3,(H,21,23)/t18-/m0/s1. The number of ether oxygens (including phenoxy) is 2. The molecule has 0 spiro atoms. The number of amides is 2. The Labute approximate surface area is 158 Å². The molecule has 1 aliphatic rings. The molecule has 1 aromatic heterocycles. The Hall–Kier alpha value is -2.80. The van der Waals surface area contributed by atoms with Gasteiger partial charge in [0.15, 0.2) is 0 Å². The third-order valence-electron chi connectivity index (χ3n) is 4.33. The first kappa shape index (κ1) is 19.0. The van der Waals surface area contributed by atoms with Crippen LogP contribution in [0, 0.1) is 0 Å². The minimum Gasteiger partial charge on any atom is -0.491 e. The van der Waals surface area contributed by atoms with Crippen molar-refractivity contribution in [2.24, 2.45) is 0 Å². The number of carbonyl (C=O) groups excluding carboxylic acids is 2. The van der Waals surface area contributed by atoms with E-state index in [9.17, 15) is 9.59 Å². The second-order valence-corrected chi connectivity index (χ2v) is 6.49. The first-order valence-corrected chi connectivity index (χ1v) is 9.01. The molecule has 0 radical (unpaired) electrons. The van der Waals surface area contributed by atoms with Crippen LogP contribution in [0.5, 0.6) is 5.75 Å². The van der Waals surface area contributed by atoms with Crippen molar-refractivity contribution in [2.45, 2.75) is 25.5 Å². The third kappa shape index (κ3) is 5.59. The molecule has 1 aromatic carbocycles. The molecule has 1 fully saturated rings. The van der Waals surface area contributed by atoms with Crippen LogP contribution in [0.2, 0.25) is 0 Å². The molecule has 0 unspecified atom stereocenters. The van der Waals surface area contributed by atoms with Gasteiger partial charge >= 0.3 is 0 Å². The first-order valence-electron chi connectivity index (χ1n) is 9.01. The van der Waals surface area contributed by atoms with Gasteiger partial charge in [-0.2, -0.15) is 0 Å². The van der Waals surface area contributed by atoms with Crippen molar-refractivity contribution >= 4 is 11.8 Å². The fraction of sp³-hybridized carbons (Fsp3) is 0.400. The van der Waals surface area contributed by atoms with E-state index in [2.05, 4.69) is 5.32 Å². The van der Waals surface area contributed by atoms with Gasteiger partial charge in [0.05, 0.1) is 25.5 Å². The molecule has 2 heterocycles. The van der Waals surface area contributed by atoms with Crippen LogP contribution in [-0.2, 0) is 16.1 Å². The lowest BCUT2D eigenvalue weighted by atomic mass is 10.2. The summed E-state index contributed by atoms with van der Waals surface area (Å²) in [6, 6.07) is 10.4. The largest absolute Gasteiger partial charge is 0.491 e. The fourth-order valence-corrected chi connectivity index (χ4v) is 2.82. The number of furan rings is 1. The highest BCUT2D eigenvalue weighted by Gasteiger charge is 2.17. The third-order valence-corrected chi connectivity index (χ3v) is 4.33. The van der Waals surface area contributed by atoms with Crippen LogP contribution in [0.4, 0.5) is 0 Å². The normalized spacial score (nSPS) is 16.1. The number of nitrogens with one attached hydrogen (secondary N) is 1. The molecule has 1 N–H and O–H groups in total. The number of carbonyl (C=O) groups is 2. The molecule has 7 heteroatoms. The first-order chi connectivity index (χ1) is 13.1. The average molecular weight is 372 g/mol. The lowest BCUT2D eigenvalue weighted by Gasteiger charge is -2.17. The van der Waals surface area contributed by atoms with E-state index in [1.54, 1.807) is 49.7 Å². The summed E-state index contributed by atoms with van der Waals surface area (Å²) in [4.78, 5) is 25.8. The maximum absolute atomic E-state index is 12.5. The number of rotatable bonds is 8. The van der Waals surface area contributed by atoms with Gasteiger partial charge < -0.3 is 24.1 Å². The summed E-state index contributed by atoms with van der Waals surface area (Å²) in [6.45, 7) is 1.58. The second-order valence-electron chi connectivity index (χ2n) is 6.49. The Morgan fingerprint density at radius 3 is 2.74 bits per heavy atom. The van der Waals surface area contributed by atoms with E-state index in [1.807, 2.05) is 0 Å². The van der Waals surface area contributed by atoms with E-state index in [-0.39, 0.29) is 24.5 Å². The van der Waals surface area contributed by atoms with Crippen molar-refractivity contribution in [1.29, 1.82) is 0 Å². The highest BCUT2D eigenvalue weighted by Crippen LogP contribution is 2.17. The van der Waals surface area contributed by atoms with Gasteiger partial charge in [-0.15, -0.1) is 0 Å². The van der Waals surface area contributed by atoms with Crippen LogP contribution >= 0.6 is 0 Å². The molecule has 7 nitrogen and oxygen atoms in total. The van der Waals surface area contributed by atoms with E-state index in [0.717, 1.165) is 19.4 Å². The summed E-state index contributed by atoms with van der Waals surface area (Å²) in [5.74, 6) is 0.879. The average Bonchev–Trinajstić information content (AvgIpc) is 3.38. The van der Waals surface area contributed by atoms with Crippen LogP contribution in [-0.4, -0.2) is 49.6 Å². The van der Waals surface area contributed by atoms with E-state index in [1.165, 1.54) is 4.90 Å². The monoisotopic (exact) mass is 372 g/mol. The van der Waals surface area contributed by atoms with Gasteiger partial charge in [0.25, 0.3) is 5.91 Å². The van der Waals surface area contributed by atoms with Gasteiger partial charge in [0, 0.05) is 19.2 Å². The molecular formula is C20H24N2O5. The van der Waals surface area contributed by atoms with Crippen LogP contribution in [0.25, 0.3) is 0 Å². The number of likely N-dealkylation sites (N-methyl/N-ethyl adjacent to an activating group) is 1. The summed E-state index contributed by atoms with van der Waals surface area (Å²) >= 11 is 0. The highest BCUT2D eigenvalue weighted by molar-refractivity contribution is 5.96. The summed E-state index contributed by atoms with van der Waals surface area (Å²) in [6.07, 6.45) is 3.79. The molecule has 0 saturated carbocycles. The Balaban J connectivity index is 1.44. The van der Waals surface area contributed by atoms with Crippen molar-refractivity contribution in [2.75, 3.05) is 26.8 Å². The second kappa shape index (κ2) is 9.23. The molecule has 0 aliphatic carbocycles. The SMILES string of the molecule is CN(CC(=O)NCc1ccco1)C(=O)c1ccc(OC[C@@H]2CCCO2)cc1. The quantitative estimate of drug-likeness (QED) is 0.769. The molecule has 2 aromatic rings. The zero-order valence-corrected chi connectivity index (χ0v) is 15.3. The summed E-state index contributed by atoms with van der Waals surface area (Å²) in [7, 11) is 1.59. The van der Waals surface area contributed by atoms with E-state index in [0.29, 0.717) is 30.2 Å². The molecule has 144 valence electrons. The van der Waals surface area contributed by atoms with Crippen LogP contribution in [0.3, 0.4) is 0 Å². The molecule has 2 amide bonds. The maximum Gasteiger partial charge on any atom is 0.254 e. The Morgan fingerprint density at radius 1 is 1.26 bits per heavy atom. The Morgan fingerprint density at radius 2 is 2.07 bits per heavy atom. The lowest BCUT2D eigenvalue weighted by molar-refractivity contribution is -0.121. The lowest BCUT2D eigenvalue weighted by Crippen LogP contribution is -2.38. The van der Waals surface area contributed by atoms with Gasteiger partial charge in [-0.05, 0) is 49.2 Å². The summed E-state index contributed by atoms with van der Waals surface area (Å²) < 4.78 is 16.4. The van der Waals surface area contributed by atoms with Crippen molar-refractivity contribution < 1.29 is 23.5 Å². The predicted octanol–water partition coefficient (Wildman–Crippen LogP) is 2.23. The molecule has 0 bridgehead atoms. The molecular weight excluding hydrogens is 348 g/mol. The molecule has 3 rings (SSSR count). The molecule has 27 heavy (non-hydrogen) atoms. The Bertz CT molecular complexity index is 736. The van der Waals surface area contributed by atoms with Crippen molar-refractivity contribution in [3.05, 3.63) is 54.0 Å². The smallest absolute Gasteiger partial charge is 0.254 e. The number of nitrogens with zero attached hydrogens (tertiary/aromatic N) is 1.